The van der Waals surface area contributed by atoms with Crippen LogP contribution >= 0.6 is 0 Å². The molecule has 2 aliphatic heterocycles. The Morgan fingerprint density at radius 1 is 1.16 bits per heavy atom. The molecule has 3 heterocycles. The van der Waals surface area contributed by atoms with Crippen molar-refractivity contribution in [3.05, 3.63) is 17.7 Å². The zero-order chi connectivity index (χ0) is 17.2. The zero-order valence-corrected chi connectivity index (χ0v) is 15.5. The highest BCUT2D eigenvalue weighted by atomic mass is 16.5. The van der Waals surface area contributed by atoms with E-state index in [9.17, 15) is 4.79 Å². The Labute approximate surface area is 150 Å². The minimum Gasteiger partial charge on any atom is -0.381 e. The van der Waals surface area contributed by atoms with Gasteiger partial charge in [0, 0.05) is 56.6 Å². The second-order valence-electron chi connectivity index (χ2n) is 8.15. The highest BCUT2D eigenvalue weighted by molar-refractivity contribution is 5.79. The minimum atomic E-state index is 0.340. The number of rotatable bonds is 4. The van der Waals surface area contributed by atoms with Crippen LogP contribution in [0.1, 0.15) is 62.4 Å². The van der Waals surface area contributed by atoms with Crippen molar-refractivity contribution in [1.82, 2.24) is 14.5 Å². The molecule has 5 nitrogen and oxygen atoms in total. The summed E-state index contributed by atoms with van der Waals surface area (Å²) in [5, 5.41) is 0. The largest absolute Gasteiger partial charge is 0.381 e. The molecular formula is C20H31N3O2. The standard InChI is InChI=1S/C20H31N3O2/c1-15-13-21-19(17-7-11-25-12-8-17)23(15)14-16-5-9-22(10-6-16)20(24)18-3-2-4-18/h13,16-18H,2-12,14H2,1H3. The maximum absolute atomic E-state index is 12.4. The van der Waals surface area contributed by atoms with Crippen molar-refractivity contribution in [3.8, 4) is 0 Å². The van der Waals surface area contributed by atoms with Gasteiger partial charge in [-0.25, -0.2) is 4.98 Å². The van der Waals surface area contributed by atoms with Crippen LogP contribution in [0.15, 0.2) is 6.20 Å². The third kappa shape index (κ3) is 3.62. The molecule has 5 heteroatoms. The molecule has 4 rings (SSSR count). The third-order valence-corrected chi connectivity index (χ3v) is 6.49. The summed E-state index contributed by atoms with van der Waals surface area (Å²) >= 11 is 0. The first-order valence-corrected chi connectivity index (χ1v) is 10.1. The number of carbonyl (C=O) groups is 1. The smallest absolute Gasteiger partial charge is 0.225 e. The van der Waals surface area contributed by atoms with Crippen molar-refractivity contribution < 1.29 is 9.53 Å². The van der Waals surface area contributed by atoms with Gasteiger partial charge in [-0.15, -0.1) is 0 Å². The van der Waals surface area contributed by atoms with Gasteiger partial charge in [0.05, 0.1) is 0 Å². The molecule has 0 bridgehead atoms. The van der Waals surface area contributed by atoms with E-state index in [2.05, 4.69) is 16.4 Å². The number of hydrogen-bond acceptors (Lipinski definition) is 3. The van der Waals surface area contributed by atoms with Crippen LogP contribution in [0.25, 0.3) is 0 Å². The molecule has 0 atom stereocenters. The number of aryl methyl sites for hydroxylation is 1. The first-order valence-electron chi connectivity index (χ1n) is 10.1. The first-order chi connectivity index (χ1) is 12.2. The predicted molar refractivity (Wildman–Crippen MR) is 96.4 cm³/mol. The lowest BCUT2D eigenvalue weighted by molar-refractivity contribution is -0.139. The Hall–Kier alpha value is -1.36. The van der Waals surface area contributed by atoms with E-state index in [-0.39, 0.29) is 0 Å². The molecule has 3 aliphatic rings. The summed E-state index contributed by atoms with van der Waals surface area (Å²) in [6.45, 7) is 6.84. The summed E-state index contributed by atoms with van der Waals surface area (Å²) in [6, 6.07) is 0. The molecule has 1 aliphatic carbocycles. The summed E-state index contributed by atoms with van der Waals surface area (Å²) in [5.74, 6) is 3.23. The van der Waals surface area contributed by atoms with E-state index in [1.807, 2.05) is 6.20 Å². The van der Waals surface area contributed by atoms with Gasteiger partial charge >= 0.3 is 0 Å². The Morgan fingerprint density at radius 2 is 1.88 bits per heavy atom. The van der Waals surface area contributed by atoms with Crippen molar-refractivity contribution >= 4 is 5.91 Å². The highest BCUT2D eigenvalue weighted by Crippen LogP contribution is 2.31. The molecule has 0 aromatic carbocycles. The summed E-state index contributed by atoms with van der Waals surface area (Å²) in [6.07, 6.45) is 9.92. The van der Waals surface area contributed by atoms with Crippen LogP contribution in [0.4, 0.5) is 0 Å². The van der Waals surface area contributed by atoms with E-state index < -0.39 is 0 Å². The minimum absolute atomic E-state index is 0.340. The fourth-order valence-electron chi connectivity index (χ4n) is 4.51. The number of carbonyl (C=O) groups excluding carboxylic acids is 1. The number of likely N-dealkylation sites (tertiary alicyclic amines) is 1. The lowest BCUT2D eigenvalue weighted by atomic mass is 9.83. The highest BCUT2D eigenvalue weighted by Gasteiger charge is 2.32. The van der Waals surface area contributed by atoms with Gasteiger partial charge in [-0.2, -0.15) is 0 Å². The van der Waals surface area contributed by atoms with Gasteiger partial charge in [-0.3, -0.25) is 4.79 Å². The lowest BCUT2D eigenvalue weighted by Crippen LogP contribution is -2.44. The topological polar surface area (TPSA) is 47.4 Å². The fourth-order valence-corrected chi connectivity index (χ4v) is 4.51. The number of ether oxygens (including phenoxy) is 1. The van der Waals surface area contributed by atoms with E-state index in [4.69, 9.17) is 9.72 Å². The SMILES string of the molecule is Cc1cnc(C2CCOCC2)n1CC1CCN(C(=O)C2CCC2)CC1. The van der Waals surface area contributed by atoms with E-state index in [0.717, 1.165) is 71.4 Å². The molecule has 2 saturated heterocycles. The summed E-state index contributed by atoms with van der Waals surface area (Å²) in [5.41, 5.74) is 1.27. The van der Waals surface area contributed by atoms with Gasteiger partial charge in [0.25, 0.3) is 0 Å². The third-order valence-electron chi connectivity index (χ3n) is 6.49. The molecule has 0 radical (unpaired) electrons. The average Bonchev–Trinajstić information content (AvgIpc) is 2.95. The Balaban J connectivity index is 1.35. The second-order valence-corrected chi connectivity index (χ2v) is 8.15. The first kappa shape index (κ1) is 17.1. The van der Waals surface area contributed by atoms with Gasteiger partial charge < -0.3 is 14.2 Å². The van der Waals surface area contributed by atoms with Crippen molar-refractivity contribution in [2.24, 2.45) is 11.8 Å². The van der Waals surface area contributed by atoms with Crippen LogP contribution in [0, 0.1) is 18.8 Å². The molecule has 1 aromatic heterocycles. The molecule has 1 amide bonds. The maximum atomic E-state index is 12.4. The Kier molecular flexibility index (Phi) is 5.11. The number of nitrogens with zero attached hydrogens (tertiary/aromatic N) is 3. The molecular weight excluding hydrogens is 314 g/mol. The normalized spacial score (nSPS) is 23.6. The van der Waals surface area contributed by atoms with E-state index >= 15 is 0 Å². The van der Waals surface area contributed by atoms with Gasteiger partial charge in [0.15, 0.2) is 0 Å². The zero-order valence-electron chi connectivity index (χ0n) is 15.5. The van der Waals surface area contributed by atoms with Gasteiger partial charge in [0.2, 0.25) is 5.91 Å². The Morgan fingerprint density at radius 3 is 2.52 bits per heavy atom. The molecule has 3 fully saturated rings. The number of imidazole rings is 1. The van der Waals surface area contributed by atoms with Gasteiger partial charge in [-0.05, 0) is 51.4 Å². The number of hydrogen-bond donors (Lipinski definition) is 0. The van der Waals surface area contributed by atoms with E-state index in [0.29, 0.717) is 23.7 Å². The van der Waals surface area contributed by atoms with Gasteiger partial charge in [-0.1, -0.05) is 6.42 Å². The van der Waals surface area contributed by atoms with Crippen LogP contribution in [0.3, 0.4) is 0 Å². The summed E-state index contributed by atoms with van der Waals surface area (Å²) < 4.78 is 7.96. The molecule has 0 N–H and O–H groups in total. The van der Waals surface area contributed by atoms with E-state index in [1.165, 1.54) is 17.9 Å². The van der Waals surface area contributed by atoms with Crippen molar-refractivity contribution in [3.63, 3.8) is 0 Å². The van der Waals surface area contributed by atoms with Crippen LogP contribution < -0.4 is 0 Å². The van der Waals surface area contributed by atoms with Crippen molar-refractivity contribution in [2.45, 2.75) is 64.3 Å². The summed E-state index contributed by atoms with van der Waals surface area (Å²) in [7, 11) is 0. The number of piperidine rings is 1. The summed E-state index contributed by atoms with van der Waals surface area (Å²) in [4.78, 5) is 19.3. The Bertz CT molecular complexity index is 594. The number of aromatic nitrogens is 2. The van der Waals surface area contributed by atoms with Crippen LogP contribution in [-0.2, 0) is 16.1 Å². The van der Waals surface area contributed by atoms with Crippen LogP contribution in [0.5, 0.6) is 0 Å². The monoisotopic (exact) mass is 345 g/mol. The van der Waals surface area contributed by atoms with Crippen LogP contribution in [-0.4, -0.2) is 46.7 Å². The molecule has 1 aromatic rings. The average molecular weight is 345 g/mol. The molecule has 1 saturated carbocycles. The molecule has 0 spiro atoms. The second kappa shape index (κ2) is 7.48. The van der Waals surface area contributed by atoms with Crippen molar-refractivity contribution in [1.29, 1.82) is 0 Å². The van der Waals surface area contributed by atoms with Crippen LogP contribution in [0.2, 0.25) is 0 Å². The maximum Gasteiger partial charge on any atom is 0.225 e. The lowest BCUT2D eigenvalue weighted by Gasteiger charge is -2.37. The quantitative estimate of drug-likeness (QED) is 0.842. The fraction of sp³-hybridized carbons (Fsp3) is 0.800. The molecule has 138 valence electrons. The molecule has 25 heavy (non-hydrogen) atoms. The predicted octanol–water partition coefficient (Wildman–Crippen LogP) is 3.12. The number of amides is 1. The van der Waals surface area contributed by atoms with E-state index in [1.54, 1.807) is 0 Å². The molecule has 0 unspecified atom stereocenters. The van der Waals surface area contributed by atoms with Crippen molar-refractivity contribution in [2.75, 3.05) is 26.3 Å². The van der Waals surface area contributed by atoms with Gasteiger partial charge in [0.1, 0.15) is 5.82 Å².